The molecule has 198 valence electrons. The maximum Gasteiger partial charge on any atom is 0.243 e. The quantitative estimate of drug-likeness (QED) is 0.436. The third-order valence-corrected chi connectivity index (χ3v) is 11.5. The second-order valence-electron chi connectivity index (χ2n) is 10.0. The summed E-state index contributed by atoms with van der Waals surface area (Å²) in [6.45, 7) is 1.84. The normalized spacial score (nSPS) is 18.9. The molecule has 0 spiro atoms. The van der Waals surface area contributed by atoms with Gasteiger partial charge in [0.05, 0.1) is 9.79 Å². The monoisotopic (exact) mass is 550 g/mol. The largest absolute Gasteiger partial charge is 0.243 e. The molecule has 0 unspecified atom stereocenters. The van der Waals surface area contributed by atoms with Crippen molar-refractivity contribution in [3.05, 3.63) is 53.1 Å². The molecule has 0 amide bonds. The Morgan fingerprint density at radius 3 is 1.29 bits per heavy atom. The highest BCUT2D eigenvalue weighted by molar-refractivity contribution is 7.89. The predicted molar refractivity (Wildman–Crippen MR) is 144 cm³/mol. The van der Waals surface area contributed by atoms with E-state index in [-0.39, 0.29) is 20.9 Å². The Balaban J connectivity index is 1.62. The van der Waals surface area contributed by atoms with Crippen LogP contribution in [0, 0.1) is 22.7 Å². The predicted octanol–water partition coefficient (Wildman–Crippen LogP) is 4.65. The minimum absolute atomic E-state index is 0.107. The molecule has 2 saturated heterocycles. The molecule has 10 heteroatoms. The standard InChI is InChI=1S/C28H30N4O4S2/c29-19-21(20-30)28-26-17-22(37(33,34)31-13-5-1-2-6-14-31)9-11-24(26)25-12-10-23(18-27(25)28)38(35,36)32-15-7-3-4-8-16-32/h9-12,17-18H,1-8,13-16H2. The SMILES string of the molecule is N#CC(C#N)=C1c2cc(S(=O)(=O)N3CCCCCC3)ccc2-c2ccc(S(=O)(=O)N3CCCCCC3)cc21. The smallest absolute Gasteiger partial charge is 0.207 e. The summed E-state index contributed by atoms with van der Waals surface area (Å²) in [5.41, 5.74) is 2.36. The number of hydrogen-bond acceptors (Lipinski definition) is 6. The van der Waals surface area contributed by atoms with E-state index in [0.29, 0.717) is 48.4 Å². The van der Waals surface area contributed by atoms with Crippen molar-refractivity contribution in [1.29, 1.82) is 10.5 Å². The highest BCUT2D eigenvalue weighted by Crippen LogP contribution is 2.47. The molecular formula is C28H30N4O4S2. The molecule has 5 rings (SSSR count). The van der Waals surface area contributed by atoms with E-state index in [9.17, 15) is 27.4 Å². The van der Waals surface area contributed by atoms with E-state index >= 15 is 0 Å². The third kappa shape index (κ3) is 4.67. The zero-order chi connectivity index (χ0) is 26.9. The van der Waals surface area contributed by atoms with E-state index in [1.54, 1.807) is 24.3 Å². The van der Waals surface area contributed by atoms with E-state index in [2.05, 4.69) is 0 Å². The average molecular weight is 551 g/mol. The molecule has 3 aliphatic rings. The molecule has 0 saturated carbocycles. The Labute approximate surface area is 224 Å². The second-order valence-corrected chi connectivity index (χ2v) is 13.9. The number of benzene rings is 2. The molecule has 2 fully saturated rings. The Morgan fingerprint density at radius 2 is 0.947 bits per heavy atom. The van der Waals surface area contributed by atoms with Crippen molar-refractivity contribution in [3.8, 4) is 23.3 Å². The average Bonchev–Trinajstić information content (AvgIpc) is 3.21. The highest BCUT2D eigenvalue weighted by Gasteiger charge is 2.33. The second kappa shape index (κ2) is 10.6. The summed E-state index contributed by atoms with van der Waals surface area (Å²) < 4.78 is 57.1. The number of sulfonamides is 2. The zero-order valence-electron chi connectivity index (χ0n) is 21.2. The third-order valence-electron chi connectivity index (χ3n) is 7.69. The molecule has 38 heavy (non-hydrogen) atoms. The van der Waals surface area contributed by atoms with Crippen molar-refractivity contribution in [2.75, 3.05) is 26.2 Å². The molecule has 2 aromatic rings. The fourth-order valence-electron chi connectivity index (χ4n) is 5.66. The van der Waals surface area contributed by atoms with Crippen LogP contribution in [0.2, 0.25) is 0 Å². The van der Waals surface area contributed by atoms with Gasteiger partial charge in [-0.3, -0.25) is 0 Å². The van der Waals surface area contributed by atoms with Crippen LogP contribution in [0.3, 0.4) is 0 Å². The molecule has 2 heterocycles. The van der Waals surface area contributed by atoms with Gasteiger partial charge in [0, 0.05) is 31.8 Å². The summed E-state index contributed by atoms with van der Waals surface area (Å²) >= 11 is 0. The summed E-state index contributed by atoms with van der Waals surface area (Å²) in [5, 5.41) is 19.6. The van der Waals surface area contributed by atoms with Crippen molar-refractivity contribution in [2.24, 2.45) is 0 Å². The van der Waals surface area contributed by atoms with E-state index in [1.165, 1.54) is 20.7 Å². The minimum atomic E-state index is -3.76. The van der Waals surface area contributed by atoms with Gasteiger partial charge in [-0.1, -0.05) is 37.8 Å². The topological polar surface area (TPSA) is 122 Å². The number of allylic oxidation sites excluding steroid dienone is 1. The van der Waals surface area contributed by atoms with Crippen molar-refractivity contribution in [2.45, 2.75) is 61.2 Å². The lowest BCUT2D eigenvalue weighted by molar-refractivity contribution is 0.423. The van der Waals surface area contributed by atoms with Gasteiger partial charge >= 0.3 is 0 Å². The van der Waals surface area contributed by atoms with Gasteiger partial charge in [-0.15, -0.1) is 0 Å². The van der Waals surface area contributed by atoms with E-state index < -0.39 is 20.0 Å². The van der Waals surface area contributed by atoms with Gasteiger partial charge in [0.25, 0.3) is 0 Å². The number of nitriles is 2. The number of nitrogens with zero attached hydrogens (tertiary/aromatic N) is 4. The van der Waals surface area contributed by atoms with Gasteiger partial charge in [0.15, 0.2) is 0 Å². The molecule has 0 bridgehead atoms. The van der Waals surface area contributed by atoms with Crippen molar-refractivity contribution in [1.82, 2.24) is 8.61 Å². The maximum atomic E-state index is 13.5. The van der Waals surface area contributed by atoms with Gasteiger partial charge in [0.2, 0.25) is 20.0 Å². The molecule has 2 aliphatic heterocycles. The summed E-state index contributed by atoms with van der Waals surface area (Å²) in [5.74, 6) is 0. The Hall–Kier alpha value is -3.02. The summed E-state index contributed by atoms with van der Waals surface area (Å²) in [6.07, 6.45) is 7.21. The lowest BCUT2D eigenvalue weighted by Gasteiger charge is -2.20. The minimum Gasteiger partial charge on any atom is -0.207 e. The number of hydrogen-bond donors (Lipinski definition) is 0. The molecule has 0 atom stereocenters. The molecule has 2 aromatic carbocycles. The highest BCUT2D eigenvalue weighted by atomic mass is 32.2. The van der Waals surface area contributed by atoms with Crippen LogP contribution >= 0.6 is 0 Å². The summed E-state index contributed by atoms with van der Waals surface area (Å²) in [6, 6.07) is 13.4. The van der Waals surface area contributed by atoms with Crippen LogP contribution in [-0.4, -0.2) is 51.6 Å². The van der Waals surface area contributed by atoms with Crippen LogP contribution in [0.5, 0.6) is 0 Å². The van der Waals surface area contributed by atoms with E-state index in [4.69, 9.17) is 0 Å². The molecule has 8 nitrogen and oxygen atoms in total. The van der Waals surface area contributed by atoms with Gasteiger partial charge in [-0.2, -0.15) is 19.1 Å². The van der Waals surface area contributed by atoms with Crippen LogP contribution in [0.25, 0.3) is 16.7 Å². The Bertz CT molecular complexity index is 1460. The fourth-order valence-corrected chi connectivity index (χ4v) is 8.75. The molecule has 0 radical (unpaired) electrons. The first-order chi connectivity index (χ1) is 18.3. The first-order valence-corrected chi connectivity index (χ1v) is 16.0. The number of rotatable bonds is 4. The first-order valence-electron chi connectivity index (χ1n) is 13.1. The Kier molecular flexibility index (Phi) is 7.43. The number of fused-ring (bicyclic) bond motifs is 3. The zero-order valence-corrected chi connectivity index (χ0v) is 22.8. The van der Waals surface area contributed by atoms with Crippen molar-refractivity contribution >= 4 is 25.6 Å². The van der Waals surface area contributed by atoms with Crippen LogP contribution in [0.15, 0.2) is 51.8 Å². The van der Waals surface area contributed by atoms with Gasteiger partial charge in [-0.05, 0) is 72.2 Å². The van der Waals surface area contributed by atoms with Crippen LogP contribution in [0.4, 0.5) is 0 Å². The lowest BCUT2D eigenvalue weighted by atomic mass is 9.99. The van der Waals surface area contributed by atoms with Gasteiger partial charge in [-0.25, -0.2) is 16.8 Å². The maximum absolute atomic E-state index is 13.5. The van der Waals surface area contributed by atoms with Crippen molar-refractivity contribution in [3.63, 3.8) is 0 Å². The molecule has 0 aromatic heterocycles. The fraction of sp³-hybridized carbons (Fsp3) is 0.429. The summed E-state index contributed by atoms with van der Waals surface area (Å²) in [4.78, 5) is 0.215. The van der Waals surface area contributed by atoms with E-state index in [1.807, 2.05) is 12.1 Å². The van der Waals surface area contributed by atoms with Crippen LogP contribution < -0.4 is 0 Å². The van der Waals surface area contributed by atoms with E-state index in [0.717, 1.165) is 51.4 Å². The summed E-state index contributed by atoms with van der Waals surface area (Å²) in [7, 11) is -7.53. The first kappa shape index (κ1) is 26.6. The molecule has 1 aliphatic carbocycles. The van der Waals surface area contributed by atoms with Gasteiger partial charge < -0.3 is 0 Å². The van der Waals surface area contributed by atoms with Crippen molar-refractivity contribution < 1.29 is 16.8 Å². The molecule has 0 N–H and O–H groups in total. The van der Waals surface area contributed by atoms with Crippen LogP contribution in [0.1, 0.15) is 62.5 Å². The van der Waals surface area contributed by atoms with Gasteiger partial charge in [0.1, 0.15) is 17.7 Å². The Morgan fingerprint density at radius 1 is 0.579 bits per heavy atom. The van der Waals surface area contributed by atoms with Crippen LogP contribution in [-0.2, 0) is 20.0 Å². The lowest BCUT2D eigenvalue weighted by Crippen LogP contribution is -2.32. The molecular weight excluding hydrogens is 520 g/mol.